The van der Waals surface area contributed by atoms with Gasteiger partial charge in [-0.3, -0.25) is 4.98 Å². The third-order valence-corrected chi connectivity index (χ3v) is 2.90. The molecule has 0 radical (unpaired) electrons. The van der Waals surface area contributed by atoms with Crippen molar-refractivity contribution in [2.24, 2.45) is 5.73 Å². The molecular formula is C16H20N2O. The van der Waals surface area contributed by atoms with E-state index < -0.39 is 0 Å². The Balaban J connectivity index is 2.21. The summed E-state index contributed by atoms with van der Waals surface area (Å²) in [6.45, 7) is 6.07. The lowest BCUT2D eigenvalue weighted by Crippen LogP contribution is -2.17. The maximum Gasteiger partial charge on any atom is 0.145 e. The minimum Gasteiger partial charge on any atom is -0.455 e. The Hall–Kier alpha value is -1.87. The van der Waals surface area contributed by atoms with Crippen molar-refractivity contribution in [3.8, 4) is 11.5 Å². The molecule has 3 nitrogen and oxygen atoms in total. The Bertz CT molecular complexity index is 564. The number of benzene rings is 1. The molecule has 0 saturated heterocycles. The second-order valence-electron chi connectivity index (χ2n) is 5.08. The number of hydrogen-bond acceptors (Lipinski definition) is 3. The maximum atomic E-state index is 5.91. The zero-order chi connectivity index (χ0) is 13.8. The number of pyridine rings is 1. The third-order valence-electron chi connectivity index (χ3n) is 2.90. The van der Waals surface area contributed by atoms with Crippen molar-refractivity contribution in [1.29, 1.82) is 0 Å². The second-order valence-corrected chi connectivity index (χ2v) is 5.08. The first-order valence-corrected chi connectivity index (χ1v) is 6.49. The van der Waals surface area contributed by atoms with Crippen LogP contribution >= 0.6 is 0 Å². The van der Waals surface area contributed by atoms with E-state index in [0.29, 0.717) is 0 Å². The number of ether oxygens (including phenoxy) is 1. The molecule has 0 spiro atoms. The smallest absolute Gasteiger partial charge is 0.145 e. The Morgan fingerprint density at radius 1 is 1.21 bits per heavy atom. The van der Waals surface area contributed by atoms with Crippen LogP contribution in [0.5, 0.6) is 11.5 Å². The van der Waals surface area contributed by atoms with Crippen LogP contribution in [-0.4, -0.2) is 11.0 Å². The first-order valence-electron chi connectivity index (χ1n) is 6.49. The third kappa shape index (κ3) is 3.80. The highest BCUT2D eigenvalue weighted by Crippen LogP contribution is 2.26. The molecule has 2 aromatic rings. The number of nitrogens with two attached hydrogens (primary N) is 1. The van der Waals surface area contributed by atoms with Gasteiger partial charge in [-0.15, -0.1) is 0 Å². The zero-order valence-electron chi connectivity index (χ0n) is 11.7. The van der Waals surface area contributed by atoms with Gasteiger partial charge in [0.15, 0.2) is 0 Å². The van der Waals surface area contributed by atoms with Gasteiger partial charge in [-0.1, -0.05) is 12.1 Å². The minimum atomic E-state index is 0.123. The summed E-state index contributed by atoms with van der Waals surface area (Å²) in [5.74, 6) is 1.63. The average Bonchev–Trinajstić information content (AvgIpc) is 2.33. The highest BCUT2D eigenvalue weighted by molar-refractivity contribution is 5.39. The van der Waals surface area contributed by atoms with Gasteiger partial charge < -0.3 is 10.5 Å². The number of aryl methyl sites for hydroxylation is 2. The van der Waals surface area contributed by atoms with Crippen molar-refractivity contribution in [2.45, 2.75) is 33.2 Å². The second kappa shape index (κ2) is 5.85. The van der Waals surface area contributed by atoms with Gasteiger partial charge in [0.05, 0.1) is 6.20 Å². The topological polar surface area (TPSA) is 48.1 Å². The van der Waals surface area contributed by atoms with E-state index in [1.807, 2.05) is 32.2 Å². The molecule has 0 aliphatic rings. The van der Waals surface area contributed by atoms with Gasteiger partial charge in [0.1, 0.15) is 11.5 Å². The molecule has 3 heteroatoms. The van der Waals surface area contributed by atoms with Crippen LogP contribution < -0.4 is 10.5 Å². The van der Waals surface area contributed by atoms with E-state index in [4.69, 9.17) is 10.5 Å². The number of hydrogen-bond donors (Lipinski definition) is 1. The molecule has 100 valence electrons. The van der Waals surface area contributed by atoms with Crippen molar-refractivity contribution >= 4 is 0 Å². The zero-order valence-corrected chi connectivity index (χ0v) is 11.7. The van der Waals surface area contributed by atoms with Gasteiger partial charge in [0.2, 0.25) is 0 Å². The molecule has 0 aliphatic heterocycles. The maximum absolute atomic E-state index is 5.91. The molecule has 1 atom stereocenters. The van der Waals surface area contributed by atoms with Crippen LogP contribution in [0.3, 0.4) is 0 Å². The van der Waals surface area contributed by atoms with E-state index in [1.54, 1.807) is 6.20 Å². The fourth-order valence-corrected chi connectivity index (χ4v) is 1.95. The number of aromatic nitrogens is 1. The fourth-order valence-electron chi connectivity index (χ4n) is 1.95. The monoisotopic (exact) mass is 256 g/mol. The van der Waals surface area contributed by atoms with Crippen LogP contribution in [0.15, 0.2) is 36.7 Å². The number of rotatable bonds is 4. The van der Waals surface area contributed by atoms with Crippen LogP contribution in [0.25, 0.3) is 0 Å². The first kappa shape index (κ1) is 13.6. The molecule has 0 aliphatic carbocycles. The lowest BCUT2D eigenvalue weighted by molar-refractivity contribution is 0.475. The predicted octanol–water partition coefficient (Wildman–Crippen LogP) is 3.38. The van der Waals surface area contributed by atoms with Crippen molar-refractivity contribution in [3.05, 3.63) is 53.3 Å². The summed E-state index contributed by atoms with van der Waals surface area (Å²) in [7, 11) is 0. The highest BCUT2D eigenvalue weighted by Gasteiger charge is 2.04. The molecule has 0 saturated carbocycles. The molecule has 0 amide bonds. The standard InChI is InChI=1S/C16H20N2O/c1-11-4-5-12(2)16(6-11)19-15-8-14(7-13(3)17)9-18-10-15/h4-6,8-10,13H,7,17H2,1-3H3. The summed E-state index contributed by atoms with van der Waals surface area (Å²) in [5.41, 5.74) is 9.19. The quantitative estimate of drug-likeness (QED) is 0.912. The summed E-state index contributed by atoms with van der Waals surface area (Å²) in [4.78, 5) is 4.21. The Morgan fingerprint density at radius 3 is 2.74 bits per heavy atom. The van der Waals surface area contributed by atoms with E-state index >= 15 is 0 Å². The molecule has 1 aromatic heterocycles. The van der Waals surface area contributed by atoms with Gasteiger partial charge in [-0.05, 0) is 56.0 Å². The van der Waals surface area contributed by atoms with Crippen LogP contribution in [0.2, 0.25) is 0 Å². The lowest BCUT2D eigenvalue weighted by atomic mass is 10.1. The molecule has 2 N–H and O–H groups in total. The van der Waals surface area contributed by atoms with Gasteiger partial charge in [-0.25, -0.2) is 0 Å². The van der Waals surface area contributed by atoms with Crippen molar-refractivity contribution in [1.82, 2.24) is 4.98 Å². The normalized spacial score (nSPS) is 12.2. The molecular weight excluding hydrogens is 236 g/mol. The van der Waals surface area contributed by atoms with Gasteiger partial charge in [-0.2, -0.15) is 0 Å². The Kier molecular flexibility index (Phi) is 4.17. The molecule has 19 heavy (non-hydrogen) atoms. The molecule has 2 rings (SSSR count). The van der Waals surface area contributed by atoms with Crippen LogP contribution in [0.1, 0.15) is 23.6 Å². The molecule has 1 heterocycles. The highest BCUT2D eigenvalue weighted by atomic mass is 16.5. The van der Waals surface area contributed by atoms with Crippen LogP contribution in [0, 0.1) is 13.8 Å². The largest absolute Gasteiger partial charge is 0.455 e. The average molecular weight is 256 g/mol. The van der Waals surface area contributed by atoms with Crippen molar-refractivity contribution in [2.75, 3.05) is 0 Å². The molecule has 1 aromatic carbocycles. The SMILES string of the molecule is Cc1ccc(C)c(Oc2cncc(CC(C)N)c2)c1. The van der Waals surface area contributed by atoms with Gasteiger partial charge in [0.25, 0.3) is 0 Å². The van der Waals surface area contributed by atoms with Crippen molar-refractivity contribution in [3.63, 3.8) is 0 Å². The van der Waals surface area contributed by atoms with Gasteiger partial charge in [0, 0.05) is 12.2 Å². The summed E-state index contributed by atoms with van der Waals surface area (Å²) < 4.78 is 5.91. The molecule has 0 bridgehead atoms. The van der Waals surface area contributed by atoms with E-state index in [9.17, 15) is 0 Å². The summed E-state index contributed by atoms with van der Waals surface area (Å²) in [6, 6.07) is 8.29. The van der Waals surface area contributed by atoms with Crippen LogP contribution in [-0.2, 0) is 6.42 Å². The van der Waals surface area contributed by atoms with Crippen molar-refractivity contribution < 1.29 is 4.74 Å². The summed E-state index contributed by atoms with van der Waals surface area (Å²) >= 11 is 0. The Labute approximate surface area is 114 Å². The first-order chi connectivity index (χ1) is 9.04. The van der Waals surface area contributed by atoms with Gasteiger partial charge >= 0.3 is 0 Å². The number of nitrogens with zero attached hydrogens (tertiary/aromatic N) is 1. The lowest BCUT2D eigenvalue weighted by Gasteiger charge is -2.11. The predicted molar refractivity (Wildman–Crippen MR) is 77.6 cm³/mol. The van der Waals surface area contributed by atoms with E-state index in [1.165, 1.54) is 5.56 Å². The van der Waals surface area contributed by atoms with E-state index in [0.717, 1.165) is 29.0 Å². The minimum absolute atomic E-state index is 0.123. The fraction of sp³-hybridized carbons (Fsp3) is 0.312. The Morgan fingerprint density at radius 2 is 2.00 bits per heavy atom. The molecule has 0 fully saturated rings. The molecule has 1 unspecified atom stereocenters. The van der Waals surface area contributed by atoms with E-state index in [2.05, 4.69) is 24.0 Å². The summed E-state index contributed by atoms with van der Waals surface area (Å²) in [5, 5.41) is 0. The van der Waals surface area contributed by atoms with Crippen LogP contribution in [0.4, 0.5) is 0 Å². The van der Waals surface area contributed by atoms with E-state index in [-0.39, 0.29) is 6.04 Å². The summed E-state index contributed by atoms with van der Waals surface area (Å²) in [6.07, 6.45) is 4.36.